The van der Waals surface area contributed by atoms with Gasteiger partial charge in [0.15, 0.2) is 0 Å². The van der Waals surface area contributed by atoms with Crippen molar-refractivity contribution in [3.63, 3.8) is 0 Å². The molecule has 1 atom stereocenters. The van der Waals surface area contributed by atoms with Crippen LogP contribution in [-0.2, 0) is 16.0 Å². The summed E-state index contributed by atoms with van der Waals surface area (Å²) in [4.78, 5) is 11.7. The van der Waals surface area contributed by atoms with Crippen LogP contribution in [0, 0.1) is 5.92 Å². The van der Waals surface area contributed by atoms with Crippen molar-refractivity contribution < 1.29 is 14.6 Å². The first-order valence-corrected chi connectivity index (χ1v) is 6.50. The van der Waals surface area contributed by atoms with Crippen molar-refractivity contribution in [2.45, 2.75) is 32.1 Å². The summed E-state index contributed by atoms with van der Waals surface area (Å²) in [5, 5.41) is 8.73. The summed E-state index contributed by atoms with van der Waals surface area (Å²) in [5.41, 5.74) is 1.16. The van der Waals surface area contributed by atoms with E-state index in [2.05, 4.69) is 0 Å². The monoisotopic (exact) mass is 250 g/mol. The maximum atomic E-state index is 11.7. The zero-order valence-electron chi connectivity index (χ0n) is 11.0. The Labute approximate surface area is 109 Å². The van der Waals surface area contributed by atoms with E-state index in [0.29, 0.717) is 0 Å². The van der Waals surface area contributed by atoms with Crippen LogP contribution in [0.1, 0.15) is 31.2 Å². The number of carbonyl (C=O) groups excluding carboxylic acids is 1. The Morgan fingerprint density at radius 1 is 1.22 bits per heavy atom. The maximum absolute atomic E-state index is 11.7. The van der Waals surface area contributed by atoms with Crippen LogP contribution in [-0.4, -0.2) is 24.8 Å². The molecule has 0 radical (unpaired) electrons. The number of rotatable bonds is 8. The molecule has 1 aromatic rings. The molecule has 0 saturated heterocycles. The lowest BCUT2D eigenvalue weighted by Gasteiger charge is -2.14. The van der Waals surface area contributed by atoms with E-state index in [-0.39, 0.29) is 18.5 Å². The van der Waals surface area contributed by atoms with Gasteiger partial charge in [0.25, 0.3) is 0 Å². The van der Waals surface area contributed by atoms with Crippen molar-refractivity contribution in [2.75, 3.05) is 13.7 Å². The topological polar surface area (TPSA) is 46.5 Å². The Bertz CT molecular complexity index is 335. The van der Waals surface area contributed by atoms with Crippen LogP contribution in [0.2, 0.25) is 0 Å². The number of methoxy groups -OCH3 is 1. The van der Waals surface area contributed by atoms with Crippen LogP contribution in [0.3, 0.4) is 0 Å². The van der Waals surface area contributed by atoms with Crippen molar-refractivity contribution in [3.05, 3.63) is 35.9 Å². The fourth-order valence-electron chi connectivity index (χ4n) is 2.05. The molecule has 0 amide bonds. The fraction of sp³-hybridized carbons (Fsp3) is 0.533. The average molecular weight is 250 g/mol. The minimum atomic E-state index is -0.136. The van der Waals surface area contributed by atoms with Gasteiger partial charge in [0.05, 0.1) is 13.0 Å². The molecule has 1 aromatic carbocycles. The summed E-state index contributed by atoms with van der Waals surface area (Å²) in [6, 6.07) is 10.00. The quantitative estimate of drug-likeness (QED) is 0.570. The molecule has 1 rings (SSSR count). The lowest BCUT2D eigenvalue weighted by Crippen LogP contribution is -2.18. The van der Waals surface area contributed by atoms with Gasteiger partial charge in [-0.25, -0.2) is 0 Å². The van der Waals surface area contributed by atoms with E-state index in [1.54, 1.807) is 0 Å². The van der Waals surface area contributed by atoms with Crippen LogP contribution >= 0.6 is 0 Å². The summed E-state index contributed by atoms with van der Waals surface area (Å²) in [7, 11) is 1.44. The number of hydrogen-bond donors (Lipinski definition) is 1. The molecule has 100 valence electrons. The minimum Gasteiger partial charge on any atom is -0.469 e. The van der Waals surface area contributed by atoms with Crippen molar-refractivity contribution in [1.82, 2.24) is 0 Å². The number of ether oxygens (including phenoxy) is 1. The first-order chi connectivity index (χ1) is 8.77. The number of hydrogen-bond acceptors (Lipinski definition) is 3. The highest BCUT2D eigenvalue weighted by Crippen LogP contribution is 2.17. The second-order valence-electron chi connectivity index (χ2n) is 4.48. The third kappa shape index (κ3) is 5.32. The smallest absolute Gasteiger partial charge is 0.308 e. The first kappa shape index (κ1) is 14.7. The van der Waals surface area contributed by atoms with Crippen LogP contribution in [0.25, 0.3) is 0 Å². The molecule has 0 aliphatic heterocycles. The van der Waals surface area contributed by atoms with E-state index in [1.807, 2.05) is 30.3 Å². The largest absolute Gasteiger partial charge is 0.469 e. The Hall–Kier alpha value is -1.35. The molecular formula is C15H22O3. The lowest BCUT2D eigenvalue weighted by molar-refractivity contribution is -0.145. The standard InChI is InChI=1S/C15H22O3/c1-18-15(17)14(10-6-3-7-11-16)12-13-8-4-2-5-9-13/h2,4-5,8-9,14,16H,3,6-7,10-12H2,1H3. The van der Waals surface area contributed by atoms with E-state index in [0.717, 1.165) is 37.7 Å². The second-order valence-corrected chi connectivity index (χ2v) is 4.48. The molecular weight excluding hydrogens is 228 g/mol. The third-order valence-corrected chi connectivity index (χ3v) is 3.07. The number of benzene rings is 1. The zero-order valence-corrected chi connectivity index (χ0v) is 11.0. The highest BCUT2D eigenvalue weighted by molar-refractivity contribution is 5.72. The Morgan fingerprint density at radius 2 is 1.94 bits per heavy atom. The average Bonchev–Trinajstić information content (AvgIpc) is 2.42. The van der Waals surface area contributed by atoms with Crippen molar-refractivity contribution >= 4 is 5.97 Å². The summed E-state index contributed by atoms with van der Waals surface area (Å²) in [5.74, 6) is -0.209. The summed E-state index contributed by atoms with van der Waals surface area (Å²) >= 11 is 0. The summed E-state index contributed by atoms with van der Waals surface area (Å²) in [6.07, 6.45) is 4.26. The fourth-order valence-corrected chi connectivity index (χ4v) is 2.05. The van der Waals surface area contributed by atoms with E-state index in [9.17, 15) is 4.79 Å². The van der Waals surface area contributed by atoms with E-state index in [4.69, 9.17) is 9.84 Å². The number of aliphatic hydroxyl groups is 1. The van der Waals surface area contributed by atoms with Gasteiger partial charge < -0.3 is 9.84 Å². The maximum Gasteiger partial charge on any atom is 0.308 e. The zero-order chi connectivity index (χ0) is 13.2. The van der Waals surface area contributed by atoms with Crippen LogP contribution < -0.4 is 0 Å². The number of aliphatic hydroxyl groups excluding tert-OH is 1. The molecule has 0 aromatic heterocycles. The van der Waals surface area contributed by atoms with Gasteiger partial charge in [-0.3, -0.25) is 4.79 Å². The van der Waals surface area contributed by atoms with E-state index >= 15 is 0 Å². The Kier molecular flexibility index (Phi) is 7.11. The lowest BCUT2D eigenvalue weighted by atomic mass is 9.94. The normalized spacial score (nSPS) is 12.1. The number of unbranched alkanes of at least 4 members (excludes halogenated alkanes) is 2. The molecule has 0 heterocycles. The van der Waals surface area contributed by atoms with Crippen LogP contribution in [0.5, 0.6) is 0 Å². The van der Waals surface area contributed by atoms with Gasteiger partial charge >= 0.3 is 5.97 Å². The molecule has 18 heavy (non-hydrogen) atoms. The van der Waals surface area contributed by atoms with Gasteiger partial charge in [0.1, 0.15) is 0 Å². The molecule has 3 heteroatoms. The first-order valence-electron chi connectivity index (χ1n) is 6.50. The van der Waals surface area contributed by atoms with Crippen LogP contribution in [0.4, 0.5) is 0 Å². The summed E-state index contributed by atoms with van der Waals surface area (Å²) < 4.78 is 4.85. The van der Waals surface area contributed by atoms with Gasteiger partial charge in [-0.15, -0.1) is 0 Å². The van der Waals surface area contributed by atoms with Gasteiger partial charge in [-0.05, 0) is 24.8 Å². The van der Waals surface area contributed by atoms with Gasteiger partial charge in [0, 0.05) is 6.61 Å². The SMILES string of the molecule is COC(=O)C(CCCCCO)Cc1ccccc1. The van der Waals surface area contributed by atoms with Crippen LogP contribution in [0.15, 0.2) is 30.3 Å². The molecule has 0 aliphatic rings. The van der Waals surface area contributed by atoms with Crippen molar-refractivity contribution in [3.8, 4) is 0 Å². The molecule has 0 spiro atoms. The van der Waals surface area contributed by atoms with E-state index < -0.39 is 0 Å². The molecule has 0 saturated carbocycles. The second kappa shape index (κ2) is 8.70. The highest BCUT2D eigenvalue weighted by Gasteiger charge is 2.18. The van der Waals surface area contributed by atoms with Gasteiger partial charge in [-0.1, -0.05) is 43.2 Å². The molecule has 0 bridgehead atoms. The van der Waals surface area contributed by atoms with Crippen molar-refractivity contribution in [2.24, 2.45) is 5.92 Å². The minimum absolute atomic E-state index is 0.0731. The molecule has 3 nitrogen and oxygen atoms in total. The van der Waals surface area contributed by atoms with Crippen molar-refractivity contribution in [1.29, 1.82) is 0 Å². The number of esters is 1. The molecule has 0 fully saturated rings. The highest BCUT2D eigenvalue weighted by atomic mass is 16.5. The van der Waals surface area contributed by atoms with Gasteiger partial charge in [0.2, 0.25) is 0 Å². The predicted octanol–water partition coefficient (Wildman–Crippen LogP) is 2.57. The third-order valence-electron chi connectivity index (χ3n) is 3.07. The Morgan fingerprint density at radius 3 is 2.56 bits per heavy atom. The van der Waals surface area contributed by atoms with E-state index in [1.165, 1.54) is 7.11 Å². The predicted molar refractivity (Wildman–Crippen MR) is 71.2 cm³/mol. The molecule has 0 aliphatic carbocycles. The number of carbonyl (C=O) groups is 1. The molecule has 1 N–H and O–H groups in total. The summed E-state index contributed by atoms with van der Waals surface area (Å²) in [6.45, 7) is 0.224. The molecule has 1 unspecified atom stereocenters. The Balaban J connectivity index is 2.48. The van der Waals surface area contributed by atoms with Gasteiger partial charge in [-0.2, -0.15) is 0 Å².